The number of carboxylic acids is 1. The molecule has 1 unspecified atom stereocenters. The average molecular weight is 510 g/mol. The molecule has 2 N–H and O–H groups in total. The Morgan fingerprint density at radius 2 is 1.74 bits per heavy atom. The van der Waals surface area contributed by atoms with Crippen LogP contribution in [0.2, 0.25) is 5.02 Å². The highest BCUT2D eigenvalue weighted by molar-refractivity contribution is 8.00. The molecule has 9 heteroatoms. The van der Waals surface area contributed by atoms with Gasteiger partial charge in [0.05, 0.1) is 18.8 Å². The van der Waals surface area contributed by atoms with Crippen molar-refractivity contribution in [3.63, 3.8) is 0 Å². The highest BCUT2D eigenvalue weighted by Crippen LogP contribution is 2.38. The molecule has 0 aliphatic heterocycles. The number of benzene rings is 3. The molecule has 180 valence electrons. The minimum Gasteiger partial charge on any atom is -0.545 e. The second kappa shape index (κ2) is 12.1. The van der Waals surface area contributed by atoms with Gasteiger partial charge in [-0.05, 0) is 48.4 Å². The van der Waals surface area contributed by atoms with Gasteiger partial charge in [-0.25, -0.2) is 0 Å². The van der Waals surface area contributed by atoms with Gasteiger partial charge in [-0.2, -0.15) is 0 Å². The number of carboxylic acid groups (broad SMARTS) is 1. The van der Waals surface area contributed by atoms with Crippen LogP contribution in [0, 0.1) is 6.92 Å². The van der Waals surface area contributed by atoms with Crippen LogP contribution in [-0.4, -0.2) is 24.9 Å². The summed E-state index contributed by atoms with van der Waals surface area (Å²) in [7, 11) is 1.50. The summed E-state index contributed by atoms with van der Waals surface area (Å²) in [6.45, 7) is 1.84. The van der Waals surface area contributed by atoms with E-state index in [1.165, 1.54) is 18.9 Å². The number of halogens is 1. The molecule has 2 amide bonds. The van der Waals surface area contributed by atoms with E-state index < -0.39 is 17.1 Å². The number of ether oxygens (including phenoxy) is 1. The number of aliphatic carboxylic acids is 1. The van der Waals surface area contributed by atoms with E-state index in [2.05, 4.69) is 10.6 Å². The van der Waals surface area contributed by atoms with Crippen LogP contribution in [0.15, 0.2) is 83.8 Å². The van der Waals surface area contributed by atoms with Crippen molar-refractivity contribution < 1.29 is 24.2 Å². The van der Waals surface area contributed by atoms with Crippen LogP contribution in [0.25, 0.3) is 0 Å². The van der Waals surface area contributed by atoms with Crippen LogP contribution in [-0.2, 0) is 14.4 Å². The Morgan fingerprint density at radius 1 is 1.00 bits per heavy atom. The van der Waals surface area contributed by atoms with E-state index in [1.807, 2.05) is 43.3 Å². The molecule has 0 fully saturated rings. The fourth-order valence-corrected chi connectivity index (χ4v) is 4.38. The van der Waals surface area contributed by atoms with Crippen LogP contribution in [0.3, 0.4) is 0 Å². The van der Waals surface area contributed by atoms with Crippen molar-refractivity contribution >= 4 is 52.5 Å². The molecule has 0 saturated carbocycles. The van der Waals surface area contributed by atoms with E-state index in [4.69, 9.17) is 16.3 Å². The first-order valence-corrected chi connectivity index (χ1v) is 11.7. The van der Waals surface area contributed by atoms with Gasteiger partial charge in [0.1, 0.15) is 11.0 Å². The standard InChI is InChI=1S/C26H23ClN2O5S/c1-16-13-21(22(34-2)15-20(16)27)29-26(33)25(17-7-4-3-5-8-17)35-19-10-6-9-18(14-19)28-23(30)11-12-24(31)32/h3-15,25H,1-2H3,(H,28,30)(H,29,33)(H,31,32)/p-1. The van der Waals surface area contributed by atoms with Crippen molar-refractivity contribution in [2.45, 2.75) is 17.1 Å². The Kier molecular flexibility index (Phi) is 8.94. The number of amides is 2. The van der Waals surface area contributed by atoms with Gasteiger partial charge in [0, 0.05) is 27.7 Å². The van der Waals surface area contributed by atoms with E-state index in [0.717, 1.165) is 22.1 Å². The number of carbonyl (C=O) groups is 3. The van der Waals surface area contributed by atoms with E-state index in [-0.39, 0.29) is 5.91 Å². The lowest BCUT2D eigenvalue weighted by molar-refractivity contribution is -0.297. The molecule has 0 spiro atoms. The van der Waals surface area contributed by atoms with Crippen LogP contribution < -0.4 is 20.5 Å². The first kappa shape index (κ1) is 25.9. The van der Waals surface area contributed by atoms with Crippen molar-refractivity contribution in [2.75, 3.05) is 17.7 Å². The number of methoxy groups -OCH3 is 1. The maximum Gasteiger partial charge on any atom is 0.248 e. The predicted molar refractivity (Wildman–Crippen MR) is 136 cm³/mol. The first-order chi connectivity index (χ1) is 16.8. The molecule has 3 rings (SSSR count). The lowest BCUT2D eigenvalue weighted by Crippen LogP contribution is -2.20. The third-order valence-electron chi connectivity index (χ3n) is 4.81. The lowest BCUT2D eigenvalue weighted by Gasteiger charge is -2.19. The summed E-state index contributed by atoms with van der Waals surface area (Å²) >= 11 is 7.49. The molecular formula is C26H22ClN2O5S-. The molecule has 35 heavy (non-hydrogen) atoms. The van der Waals surface area contributed by atoms with Gasteiger partial charge in [-0.15, -0.1) is 11.8 Å². The third kappa shape index (κ3) is 7.37. The third-order valence-corrected chi connectivity index (χ3v) is 6.46. The second-order valence-electron chi connectivity index (χ2n) is 7.37. The Bertz CT molecular complexity index is 1260. The smallest absolute Gasteiger partial charge is 0.248 e. The number of hydrogen-bond donors (Lipinski definition) is 2. The maximum atomic E-state index is 13.4. The molecule has 7 nitrogen and oxygen atoms in total. The predicted octanol–water partition coefficient (Wildman–Crippen LogP) is 4.37. The summed E-state index contributed by atoms with van der Waals surface area (Å²) in [6, 6.07) is 19.6. The van der Waals surface area contributed by atoms with Gasteiger partial charge in [0.15, 0.2) is 0 Å². The molecule has 1 atom stereocenters. The van der Waals surface area contributed by atoms with Crippen molar-refractivity contribution in [1.82, 2.24) is 0 Å². The number of rotatable bonds is 9. The highest BCUT2D eigenvalue weighted by Gasteiger charge is 2.24. The minimum atomic E-state index is -1.46. The Balaban J connectivity index is 1.86. The van der Waals surface area contributed by atoms with Crippen molar-refractivity contribution in [3.05, 3.63) is 95.0 Å². The summed E-state index contributed by atoms with van der Waals surface area (Å²) in [6.07, 6.45) is 1.52. The first-order valence-electron chi connectivity index (χ1n) is 10.4. The molecule has 0 heterocycles. The normalized spacial score (nSPS) is 11.6. The maximum absolute atomic E-state index is 13.4. The van der Waals surface area contributed by atoms with E-state index in [1.54, 1.807) is 30.3 Å². The molecule has 0 radical (unpaired) electrons. The second-order valence-corrected chi connectivity index (χ2v) is 8.95. The zero-order valence-corrected chi connectivity index (χ0v) is 20.5. The zero-order chi connectivity index (χ0) is 25.4. The zero-order valence-electron chi connectivity index (χ0n) is 18.9. The van der Waals surface area contributed by atoms with Crippen molar-refractivity contribution in [2.24, 2.45) is 0 Å². The molecule has 3 aromatic rings. The number of nitrogens with one attached hydrogen (secondary N) is 2. The summed E-state index contributed by atoms with van der Waals surface area (Å²) in [5, 5.41) is 15.9. The van der Waals surface area contributed by atoms with Crippen LogP contribution in [0.4, 0.5) is 11.4 Å². The molecule has 0 aliphatic carbocycles. The molecule has 0 bridgehead atoms. The number of anilines is 2. The number of thioether (sulfide) groups is 1. The summed E-state index contributed by atoms with van der Waals surface area (Å²) in [5.74, 6) is -1.90. The quantitative estimate of drug-likeness (QED) is 0.327. The topological polar surface area (TPSA) is 108 Å². The fourth-order valence-electron chi connectivity index (χ4n) is 3.14. The Labute approximate surface area is 212 Å². The van der Waals surface area contributed by atoms with Gasteiger partial charge >= 0.3 is 0 Å². The molecule has 0 saturated heterocycles. The van der Waals surface area contributed by atoms with Gasteiger partial charge in [0.25, 0.3) is 0 Å². The van der Waals surface area contributed by atoms with Crippen molar-refractivity contribution in [1.29, 1.82) is 0 Å². The van der Waals surface area contributed by atoms with Gasteiger partial charge < -0.3 is 25.3 Å². The Morgan fingerprint density at radius 3 is 2.43 bits per heavy atom. The molecule has 0 aromatic heterocycles. The largest absolute Gasteiger partial charge is 0.545 e. The molecular weight excluding hydrogens is 488 g/mol. The van der Waals surface area contributed by atoms with E-state index >= 15 is 0 Å². The van der Waals surface area contributed by atoms with Gasteiger partial charge in [-0.3, -0.25) is 9.59 Å². The number of hydrogen-bond acceptors (Lipinski definition) is 6. The number of aryl methyl sites for hydroxylation is 1. The average Bonchev–Trinajstić information content (AvgIpc) is 2.84. The summed E-state index contributed by atoms with van der Waals surface area (Å²) in [5.41, 5.74) is 2.53. The molecule has 3 aromatic carbocycles. The molecule has 0 aliphatic rings. The van der Waals surface area contributed by atoms with Gasteiger partial charge in [-0.1, -0.05) is 48.0 Å². The Hall–Kier alpha value is -3.75. The van der Waals surface area contributed by atoms with E-state index in [0.29, 0.717) is 28.2 Å². The number of carbonyl (C=O) groups excluding carboxylic acids is 3. The van der Waals surface area contributed by atoms with Gasteiger partial charge in [0.2, 0.25) is 11.8 Å². The SMILES string of the molecule is COc1cc(Cl)c(C)cc1NC(=O)C(Sc1cccc(NC(=O)C=CC(=O)[O-])c1)c1ccccc1. The lowest BCUT2D eigenvalue weighted by atomic mass is 10.1. The highest BCUT2D eigenvalue weighted by atomic mass is 35.5. The van der Waals surface area contributed by atoms with E-state index in [9.17, 15) is 19.5 Å². The van der Waals surface area contributed by atoms with Crippen LogP contribution in [0.1, 0.15) is 16.4 Å². The van der Waals surface area contributed by atoms with Crippen LogP contribution >= 0.6 is 23.4 Å². The van der Waals surface area contributed by atoms with Crippen LogP contribution in [0.5, 0.6) is 5.75 Å². The monoisotopic (exact) mass is 509 g/mol. The summed E-state index contributed by atoms with van der Waals surface area (Å²) < 4.78 is 5.38. The summed E-state index contributed by atoms with van der Waals surface area (Å²) in [4.78, 5) is 36.6. The minimum absolute atomic E-state index is 0.271. The van der Waals surface area contributed by atoms with Crippen molar-refractivity contribution in [3.8, 4) is 5.75 Å². The fraction of sp³-hybridized carbons (Fsp3) is 0.115.